The number of carbonyl (C=O) groups excluding carboxylic acids is 2. The Morgan fingerprint density at radius 1 is 0.786 bits per heavy atom. The van der Waals surface area contributed by atoms with E-state index in [-0.39, 0.29) is 25.0 Å². The number of para-hydroxylation sites is 2. The van der Waals surface area contributed by atoms with Crippen molar-refractivity contribution in [2.45, 2.75) is 6.92 Å². The van der Waals surface area contributed by atoms with Gasteiger partial charge in [0.15, 0.2) is 0 Å². The first-order valence-electron chi connectivity index (χ1n) is 9.01. The lowest BCUT2D eigenvalue weighted by molar-refractivity contribution is -0.126. The van der Waals surface area contributed by atoms with Crippen molar-refractivity contribution in [2.75, 3.05) is 23.4 Å². The van der Waals surface area contributed by atoms with Gasteiger partial charge in [0.1, 0.15) is 13.2 Å². The first-order valence-corrected chi connectivity index (χ1v) is 9.01. The summed E-state index contributed by atoms with van der Waals surface area (Å²) < 4.78 is 5.37. The predicted octanol–water partition coefficient (Wildman–Crippen LogP) is 4.32. The summed E-state index contributed by atoms with van der Waals surface area (Å²) in [7, 11) is 0. The van der Waals surface area contributed by atoms with E-state index in [1.54, 1.807) is 4.90 Å². The zero-order chi connectivity index (χ0) is 19.8. The molecule has 0 spiro atoms. The molecule has 5 nitrogen and oxygen atoms in total. The molecule has 0 heterocycles. The van der Waals surface area contributed by atoms with Crippen molar-refractivity contribution in [3.05, 3.63) is 90.5 Å². The number of nitrogens with one attached hydrogen (secondary N) is 1. The van der Waals surface area contributed by atoms with Crippen LogP contribution in [0.2, 0.25) is 0 Å². The maximum Gasteiger partial charge on any atom is 0.257 e. The Hall–Kier alpha value is -3.44. The standard InChI is InChI=1S/C23H22N2O3/c1-18-12-14-19(15-13-18)24-22(26)16-28-17-23(27)25(20-8-4-2-5-9-20)21-10-6-3-7-11-21/h2-15H,16-17H2,1H3,(H,24,26). The molecule has 3 rings (SSSR count). The quantitative estimate of drug-likeness (QED) is 0.670. The second-order valence-corrected chi connectivity index (χ2v) is 6.31. The van der Waals surface area contributed by atoms with Crippen LogP contribution in [0, 0.1) is 6.92 Å². The molecule has 2 amide bonds. The molecule has 0 fully saturated rings. The molecule has 0 unspecified atom stereocenters. The molecular weight excluding hydrogens is 352 g/mol. The molecule has 142 valence electrons. The summed E-state index contributed by atoms with van der Waals surface area (Å²) >= 11 is 0. The van der Waals surface area contributed by atoms with Gasteiger partial charge in [-0.05, 0) is 43.3 Å². The fourth-order valence-corrected chi connectivity index (χ4v) is 2.72. The molecule has 0 saturated carbocycles. The van der Waals surface area contributed by atoms with E-state index < -0.39 is 0 Å². The number of ether oxygens (including phenoxy) is 1. The Morgan fingerprint density at radius 3 is 1.86 bits per heavy atom. The smallest absolute Gasteiger partial charge is 0.257 e. The van der Waals surface area contributed by atoms with Crippen molar-refractivity contribution < 1.29 is 14.3 Å². The van der Waals surface area contributed by atoms with E-state index in [1.807, 2.05) is 91.9 Å². The van der Waals surface area contributed by atoms with Crippen molar-refractivity contribution in [1.29, 1.82) is 0 Å². The second-order valence-electron chi connectivity index (χ2n) is 6.31. The van der Waals surface area contributed by atoms with Crippen LogP contribution in [0.15, 0.2) is 84.9 Å². The summed E-state index contributed by atoms with van der Waals surface area (Å²) in [4.78, 5) is 26.4. The van der Waals surface area contributed by atoms with Crippen LogP contribution in [-0.4, -0.2) is 25.0 Å². The van der Waals surface area contributed by atoms with Crippen LogP contribution < -0.4 is 10.2 Å². The Bertz CT molecular complexity index is 870. The van der Waals surface area contributed by atoms with E-state index in [4.69, 9.17) is 4.74 Å². The molecule has 0 bridgehead atoms. The van der Waals surface area contributed by atoms with E-state index in [0.29, 0.717) is 5.69 Å². The second kappa shape index (κ2) is 9.48. The third kappa shape index (κ3) is 5.28. The zero-order valence-corrected chi connectivity index (χ0v) is 15.7. The summed E-state index contributed by atoms with van der Waals surface area (Å²) in [6.45, 7) is 1.58. The predicted molar refractivity (Wildman–Crippen MR) is 111 cm³/mol. The number of aryl methyl sites for hydroxylation is 1. The summed E-state index contributed by atoms with van der Waals surface area (Å²) in [6, 6.07) is 26.2. The highest BCUT2D eigenvalue weighted by Crippen LogP contribution is 2.25. The Balaban J connectivity index is 1.59. The lowest BCUT2D eigenvalue weighted by Gasteiger charge is -2.23. The zero-order valence-electron chi connectivity index (χ0n) is 15.7. The minimum absolute atomic E-state index is 0.197. The van der Waals surface area contributed by atoms with Crippen LogP contribution >= 0.6 is 0 Å². The van der Waals surface area contributed by atoms with Gasteiger partial charge in [-0.1, -0.05) is 54.1 Å². The largest absolute Gasteiger partial charge is 0.362 e. The van der Waals surface area contributed by atoms with Crippen LogP contribution in [0.4, 0.5) is 17.1 Å². The number of anilines is 3. The van der Waals surface area contributed by atoms with Crippen molar-refractivity contribution in [3.63, 3.8) is 0 Å². The van der Waals surface area contributed by atoms with Gasteiger partial charge in [0.2, 0.25) is 5.91 Å². The summed E-state index contributed by atoms with van der Waals surface area (Å²) in [6.07, 6.45) is 0. The first kappa shape index (κ1) is 19.3. The Labute approximate surface area is 164 Å². The summed E-state index contributed by atoms with van der Waals surface area (Å²) in [5.74, 6) is -0.553. The molecule has 0 aliphatic rings. The number of amides is 2. The van der Waals surface area contributed by atoms with E-state index in [2.05, 4.69) is 5.32 Å². The fraction of sp³-hybridized carbons (Fsp3) is 0.130. The van der Waals surface area contributed by atoms with Gasteiger partial charge in [0, 0.05) is 17.1 Å². The molecule has 3 aromatic carbocycles. The number of nitrogens with zero attached hydrogens (tertiary/aromatic N) is 1. The minimum Gasteiger partial charge on any atom is -0.362 e. The topological polar surface area (TPSA) is 58.6 Å². The van der Waals surface area contributed by atoms with Crippen molar-refractivity contribution in [1.82, 2.24) is 0 Å². The molecular formula is C23H22N2O3. The van der Waals surface area contributed by atoms with Crippen molar-refractivity contribution in [3.8, 4) is 0 Å². The van der Waals surface area contributed by atoms with Crippen LogP contribution in [0.1, 0.15) is 5.56 Å². The maximum absolute atomic E-state index is 12.8. The van der Waals surface area contributed by atoms with Gasteiger partial charge in [-0.25, -0.2) is 0 Å². The number of hydrogen-bond acceptors (Lipinski definition) is 3. The minimum atomic E-state index is -0.303. The number of hydrogen-bond donors (Lipinski definition) is 1. The molecule has 28 heavy (non-hydrogen) atoms. The van der Waals surface area contributed by atoms with E-state index >= 15 is 0 Å². The molecule has 5 heteroatoms. The third-order valence-corrected chi connectivity index (χ3v) is 4.07. The van der Waals surface area contributed by atoms with Crippen LogP contribution in [-0.2, 0) is 14.3 Å². The SMILES string of the molecule is Cc1ccc(NC(=O)COCC(=O)N(c2ccccc2)c2ccccc2)cc1. The Morgan fingerprint density at radius 2 is 1.32 bits per heavy atom. The first-order chi connectivity index (χ1) is 13.6. The number of rotatable bonds is 7. The third-order valence-electron chi connectivity index (χ3n) is 4.07. The molecule has 3 aromatic rings. The molecule has 0 aromatic heterocycles. The average Bonchev–Trinajstić information content (AvgIpc) is 2.71. The lowest BCUT2D eigenvalue weighted by atomic mass is 10.2. The van der Waals surface area contributed by atoms with Gasteiger partial charge in [0.25, 0.3) is 5.91 Å². The van der Waals surface area contributed by atoms with Gasteiger partial charge < -0.3 is 10.1 Å². The van der Waals surface area contributed by atoms with Crippen molar-refractivity contribution >= 4 is 28.9 Å². The summed E-state index contributed by atoms with van der Waals surface area (Å²) in [5, 5.41) is 2.75. The van der Waals surface area contributed by atoms with Gasteiger partial charge in [-0.3, -0.25) is 14.5 Å². The van der Waals surface area contributed by atoms with E-state index in [1.165, 1.54) is 0 Å². The van der Waals surface area contributed by atoms with Crippen LogP contribution in [0.3, 0.4) is 0 Å². The molecule has 0 aliphatic carbocycles. The van der Waals surface area contributed by atoms with Gasteiger partial charge >= 0.3 is 0 Å². The number of benzene rings is 3. The monoisotopic (exact) mass is 374 g/mol. The van der Waals surface area contributed by atoms with Crippen LogP contribution in [0.25, 0.3) is 0 Å². The van der Waals surface area contributed by atoms with E-state index in [0.717, 1.165) is 16.9 Å². The average molecular weight is 374 g/mol. The van der Waals surface area contributed by atoms with Crippen LogP contribution in [0.5, 0.6) is 0 Å². The molecule has 1 N–H and O–H groups in total. The highest BCUT2D eigenvalue weighted by Gasteiger charge is 2.18. The maximum atomic E-state index is 12.8. The highest BCUT2D eigenvalue weighted by atomic mass is 16.5. The van der Waals surface area contributed by atoms with Gasteiger partial charge in [-0.2, -0.15) is 0 Å². The van der Waals surface area contributed by atoms with Gasteiger partial charge in [0.05, 0.1) is 0 Å². The van der Waals surface area contributed by atoms with Gasteiger partial charge in [-0.15, -0.1) is 0 Å². The molecule has 0 atom stereocenters. The number of carbonyl (C=O) groups is 2. The molecule has 0 aliphatic heterocycles. The normalized spacial score (nSPS) is 10.3. The fourth-order valence-electron chi connectivity index (χ4n) is 2.72. The Kier molecular flexibility index (Phi) is 6.54. The highest BCUT2D eigenvalue weighted by molar-refractivity contribution is 6.01. The van der Waals surface area contributed by atoms with E-state index in [9.17, 15) is 9.59 Å². The summed E-state index contributed by atoms with van der Waals surface area (Å²) in [5.41, 5.74) is 3.29. The van der Waals surface area contributed by atoms with Crippen molar-refractivity contribution in [2.24, 2.45) is 0 Å². The molecule has 0 radical (unpaired) electrons. The molecule has 0 saturated heterocycles. The lowest BCUT2D eigenvalue weighted by Crippen LogP contribution is -2.31.